The Bertz CT molecular complexity index is 754. The molecule has 2 N–H and O–H groups in total. The molecule has 2 unspecified atom stereocenters. The van der Waals surface area contributed by atoms with Crippen molar-refractivity contribution in [3.63, 3.8) is 0 Å². The number of ether oxygens (including phenoxy) is 1. The van der Waals surface area contributed by atoms with Gasteiger partial charge in [-0.2, -0.15) is 4.72 Å². The van der Waals surface area contributed by atoms with Gasteiger partial charge in [-0.25, -0.2) is 13.2 Å². The highest BCUT2D eigenvalue weighted by Crippen LogP contribution is 2.19. The Balaban J connectivity index is 2.13. The van der Waals surface area contributed by atoms with E-state index in [0.29, 0.717) is 0 Å². The number of carbonyl (C=O) groups excluding carboxylic acids is 1. The Kier molecular flexibility index (Phi) is 5.49. The Hall–Kier alpha value is -1.98. The third kappa shape index (κ3) is 4.17. The molecule has 0 saturated carbocycles. The monoisotopic (exact) mass is 375 g/mol. The number of nitrogens with zero attached hydrogens (tertiary/aromatic N) is 2. The first-order valence-electron chi connectivity index (χ1n) is 7.65. The average Bonchev–Trinajstić information content (AvgIpc) is 2.84. The number of hydrogen-bond donors (Lipinski definition) is 2. The predicted octanol–water partition coefficient (Wildman–Crippen LogP) is -0.341. The summed E-state index contributed by atoms with van der Waals surface area (Å²) in [5, 5.41) is 12.7. The van der Waals surface area contributed by atoms with Crippen LogP contribution in [0, 0.1) is 13.8 Å². The van der Waals surface area contributed by atoms with E-state index in [1.54, 1.807) is 6.92 Å². The number of carbonyl (C=O) groups is 2. The fraction of sp³-hybridized carbons (Fsp3) is 0.643. The Labute approximate surface area is 145 Å². The maximum atomic E-state index is 12.5. The molecule has 11 heteroatoms. The topological polar surface area (TPSA) is 139 Å². The van der Waals surface area contributed by atoms with E-state index < -0.39 is 40.1 Å². The highest BCUT2D eigenvalue weighted by atomic mass is 32.2. The number of hydrogen-bond acceptors (Lipinski definition) is 7. The molecule has 0 aliphatic carbocycles. The molecule has 1 amide bonds. The van der Waals surface area contributed by atoms with Crippen LogP contribution in [0.2, 0.25) is 0 Å². The van der Waals surface area contributed by atoms with Gasteiger partial charge in [0, 0.05) is 6.54 Å². The molecule has 1 aliphatic rings. The number of aromatic nitrogens is 1. The number of aliphatic carboxylic acids is 1. The molecule has 2 heterocycles. The molecule has 140 valence electrons. The number of nitrogens with one attached hydrogen (secondary N) is 1. The van der Waals surface area contributed by atoms with Crippen LogP contribution in [0.3, 0.4) is 0 Å². The van der Waals surface area contributed by atoms with Gasteiger partial charge >= 0.3 is 5.97 Å². The Morgan fingerprint density at radius 2 is 2.00 bits per heavy atom. The van der Waals surface area contributed by atoms with Gasteiger partial charge in [0.15, 0.2) is 11.9 Å². The molecule has 1 saturated heterocycles. The lowest BCUT2D eigenvalue weighted by Crippen LogP contribution is -2.56. The maximum Gasteiger partial charge on any atom is 0.334 e. The molecule has 0 radical (unpaired) electrons. The number of aryl methyl sites for hydroxylation is 2. The lowest BCUT2D eigenvalue weighted by molar-refractivity contribution is -0.167. The molecular formula is C14H21N3O7S. The van der Waals surface area contributed by atoms with E-state index >= 15 is 0 Å². The molecule has 25 heavy (non-hydrogen) atoms. The average molecular weight is 375 g/mol. The van der Waals surface area contributed by atoms with E-state index in [4.69, 9.17) is 14.4 Å². The van der Waals surface area contributed by atoms with Crippen molar-refractivity contribution in [3.05, 3.63) is 11.5 Å². The van der Waals surface area contributed by atoms with Crippen molar-refractivity contribution in [2.24, 2.45) is 0 Å². The highest BCUT2D eigenvalue weighted by Gasteiger charge is 2.36. The van der Waals surface area contributed by atoms with Gasteiger partial charge in [0.2, 0.25) is 15.9 Å². The quantitative estimate of drug-likeness (QED) is 0.712. The third-order valence-electron chi connectivity index (χ3n) is 3.79. The molecule has 10 nitrogen and oxygen atoms in total. The number of rotatable bonds is 5. The summed E-state index contributed by atoms with van der Waals surface area (Å²) in [5.74, 6) is -1.58. The summed E-state index contributed by atoms with van der Waals surface area (Å²) in [6, 6.07) is -1.08. The second-order valence-corrected chi connectivity index (χ2v) is 7.66. The largest absolute Gasteiger partial charge is 0.479 e. The second-order valence-electron chi connectivity index (χ2n) is 6.01. The van der Waals surface area contributed by atoms with Crippen LogP contribution in [0.5, 0.6) is 0 Å². The van der Waals surface area contributed by atoms with Crippen molar-refractivity contribution in [1.82, 2.24) is 14.8 Å². The smallest absolute Gasteiger partial charge is 0.334 e. The van der Waals surface area contributed by atoms with E-state index in [9.17, 15) is 18.0 Å². The van der Waals surface area contributed by atoms with Gasteiger partial charge < -0.3 is 19.3 Å². The van der Waals surface area contributed by atoms with Crippen molar-refractivity contribution < 1.29 is 32.4 Å². The molecule has 1 aromatic rings. The lowest BCUT2D eigenvalue weighted by atomic mass is 10.2. The number of carboxylic acids is 1. The van der Waals surface area contributed by atoms with Crippen LogP contribution in [0.1, 0.15) is 25.3 Å². The van der Waals surface area contributed by atoms with Crippen LogP contribution in [-0.2, 0) is 24.3 Å². The van der Waals surface area contributed by atoms with Crippen molar-refractivity contribution in [3.8, 4) is 0 Å². The molecule has 2 rings (SSSR count). The van der Waals surface area contributed by atoms with Crippen LogP contribution >= 0.6 is 0 Å². The SMILES string of the molecule is Cc1noc(C)c1S(=O)(=O)NC(C)C(=O)N1CC(C(=O)O)O[C@H](C)C1. The van der Waals surface area contributed by atoms with Crippen LogP contribution < -0.4 is 4.72 Å². The minimum atomic E-state index is -4.01. The molecule has 1 fully saturated rings. The number of morpholine rings is 1. The summed E-state index contributed by atoms with van der Waals surface area (Å²) in [6.07, 6.45) is -1.61. The van der Waals surface area contributed by atoms with Crippen LogP contribution in [0.15, 0.2) is 9.42 Å². The summed E-state index contributed by atoms with van der Waals surface area (Å²) in [5.41, 5.74) is 0.190. The summed E-state index contributed by atoms with van der Waals surface area (Å²) in [6.45, 7) is 6.03. The van der Waals surface area contributed by atoms with Gasteiger partial charge in [-0.05, 0) is 27.7 Å². The zero-order chi connectivity index (χ0) is 18.9. The molecule has 3 atom stereocenters. The molecule has 0 aromatic carbocycles. The van der Waals surface area contributed by atoms with Crippen molar-refractivity contribution in [1.29, 1.82) is 0 Å². The third-order valence-corrected chi connectivity index (χ3v) is 5.57. The first-order valence-corrected chi connectivity index (χ1v) is 9.13. The molecule has 1 aliphatic heterocycles. The predicted molar refractivity (Wildman–Crippen MR) is 84.3 cm³/mol. The summed E-state index contributed by atoms with van der Waals surface area (Å²) >= 11 is 0. The van der Waals surface area contributed by atoms with Crippen molar-refractivity contribution in [2.75, 3.05) is 13.1 Å². The second kappa shape index (κ2) is 7.10. The Morgan fingerprint density at radius 3 is 2.52 bits per heavy atom. The van der Waals surface area contributed by atoms with E-state index in [2.05, 4.69) is 9.88 Å². The number of sulfonamides is 1. The fourth-order valence-corrected chi connectivity index (χ4v) is 4.27. The fourth-order valence-electron chi connectivity index (χ4n) is 2.74. The van der Waals surface area contributed by atoms with E-state index in [-0.39, 0.29) is 29.4 Å². The van der Waals surface area contributed by atoms with E-state index in [0.717, 1.165) is 0 Å². The summed E-state index contributed by atoms with van der Waals surface area (Å²) in [4.78, 5) is 24.8. The first kappa shape index (κ1) is 19.3. The molecule has 1 aromatic heterocycles. The molecular weight excluding hydrogens is 354 g/mol. The van der Waals surface area contributed by atoms with Gasteiger partial charge in [0.25, 0.3) is 0 Å². The van der Waals surface area contributed by atoms with Crippen molar-refractivity contribution >= 4 is 21.9 Å². The van der Waals surface area contributed by atoms with Crippen molar-refractivity contribution in [2.45, 2.75) is 50.8 Å². The minimum Gasteiger partial charge on any atom is -0.479 e. The Morgan fingerprint density at radius 1 is 1.36 bits per heavy atom. The lowest BCUT2D eigenvalue weighted by Gasteiger charge is -2.36. The van der Waals surface area contributed by atoms with Gasteiger partial charge in [0.1, 0.15) is 10.6 Å². The standard InChI is InChI=1S/C14H21N3O7S/c1-7-5-17(6-11(23-7)14(19)20)13(18)9(3)16-25(21,22)12-8(2)15-24-10(12)4/h7,9,11,16H,5-6H2,1-4H3,(H,19,20)/t7-,9?,11?/m1/s1. The van der Waals surface area contributed by atoms with Crippen LogP contribution in [-0.4, -0.2) is 66.8 Å². The van der Waals surface area contributed by atoms with E-state index in [1.165, 1.54) is 25.7 Å². The van der Waals surface area contributed by atoms with Gasteiger partial charge in [0.05, 0.1) is 18.7 Å². The summed E-state index contributed by atoms with van der Waals surface area (Å²) < 4.78 is 37.3. The molecule has 0 bridgehead atoms. The van der Waals surface area contributed by atoms with Crippen LogP contribution in [0.25, 0.3) is 0 Å². The summed E-state index contributed by atoms with van der Waals surface area (Å²) in [7, 11) is -4.01. The zero-order valence-electron chi connectivity index (χ0n) is 14.3. The van der Waals surface area contributed by atoms with Crippen LogP contribution in [0.4, 0.5) is 0 Å². The zero-order valence-corrected chi connectivity index (χ0v) is 15.2. The van der Waals surface area contributed by atoms with Gasteiger partial charge in [-0.3, -0.25) is 4.79 Å². The molecule has 0 spiro atoms. The van der Waals surface area contributed by atoms with E-state index in [1.807, 2.05) is 0 Å². The highest BCUT2D eigenvalue weighted by molar-refractivity contribution is 7.89. The van der Waals surface area contributed by atoms with Gasteiger partial charge in [-0.1, -0.05) is 5.16 Å². The first-order chi connectivity index (χ1) is 11.5. The minimum absolute atomic E-state index is 0.106. The number of carboxylic acid groups (broad SMARTS) is 1. The number of amides is 1. The normalized spacial score (nSPS) is 22.6. The maximum absolute atomic E-state index is 12.5. The van der Waals surface area contributed by atoms with Gasteiger partial charge in [-0.15, -0.1) is 0 Å².